The quantitative estimate of drug-likeness (QED) is 0.773. The molecule has 0 aliphatic carbocycles. The van der Waals surface area contributed by atoms with Gasteiger partial charge in [0.1, 0.15) is 10.9 Å². The molecule has 0 aliphatic rings. The molecule has 1 atom stereocenters. The minimum absolute atomic E-state index is 0.271. The third-order valence-electron chi connectivity index (χ3n) is 2.14. The zero-order valence-electron chi connectivity index (χ0n) is 8.56. The molecule has 84 valence electrons. The molecule has 7 heteroatoms. The summed E-state index contributed by atoms with van der Waals surface area (Å²) in [4.78, 5) is 11.8. The van der Waals surface area contributed by atoms with Crippen LogP contribution in [0.2, 0.25) is 0 Å². The molecule has 15 heavy (non-hydrogen) atoms. The van der Waals surface area contributed by atoms with Crippen LogP contribution in [0.1, 0.15) is 17.4 Å². The number of Topliss-reactive ketones (excluding diaryl/α,β-unsaturated/α-hetero) is 1. The van der Waals surface area contributed by atoms with Crippen LogP contribution in [0.5, 0.6) is 0 Å². The van der Waals surface area contributed by atoms with Gasteiger partial charge in [-0.2, -0.15) is 5.10 Å². The van der Waals surface area contributed by atoms with Gasteiger partial charge >= 0.3 is 0 Å². The van der Waals surface area contributed by atoms with E-state index in [0.29, 0.717) is 4.47 Å². The molecule has 0 saturated carbocycles. The Kier molecular flexibility index (Phi) is 3.34. The van der Waals surface area contributed by atoms with Crippen molar-refractivity contribution in [3.8, 4) is 0 Å². The van der Waals surface area contributed by atoms with Crippen LogP contribution < -0.4 is 0 Å². The first-order chi connectivity index (χ1) is 6.75. The van der Waals surface area contributed by atoms with Crippen molar-refractivity contribution in [3.05, 3.63) is 16.4 Å². The van der Waals surface area contributed by atoms with Crippen LogP contribution in [0.4, 0.5) is 0 Å². The molecule has 1 heterocycles. The lowest BCUT2D eigenvalue weighted by atomic mass is 10.2. The Hall–Kier alpha value is -0.690. The highest BCUT2D eigenvalue weighted by atomic mass is 79.9. The van der Waals surface area contributed by atoms with Gasteiger partial charge in [0, 0.05) is 13.3 Å². The number of carbonyl (C=O) groups is 1. The Balaban J connectivity index is 3.17. The Labute approximate surface area is 96.5 Å². The molecule has 0 bridgehead atoms. The lowest BCUT2D eigenvalue weighted by Gasteiger charge is -2.08. The summed E-state index contributed by atoms with van der Waals surface area (Å²) in [7, 11) is -1.78. The van der Waals surface area contributed by atoms with E-state index in [9.17, 15) is 13.2 Å². The molecule has 1 aromatic heterocycles. The average Bonchev–Trinajstić information content (AvgIpc) is 2.42. The van der Waals surface area contributed by atoms with Crippen molar-refractivity contribution in [2.24, 2.45) is 7.05 Å². The molecular weight excluding hydrogens is 284 g/mol. The van der Waals surface area contributed by atoms with Crippen LogP contribution in [-0.4, -0.2) is 35.5 Å². The van der Waals surface area contributed by atoms with Crippen molar-refractivity contribution in [3.63, 3.8) is 0 Å². The number of hydrogen-bond donors (Lipinski definition) is 0. The van der Waals surface area contributed by atoms with Crippen LogP contribution in [0.15, 0.2) is 10.7 Å². The van der Waals surface area contributed by atoms with E-state index in [2.05, 4.69) is 21.0 Å². The van der Waals surface area contributed by atoms with Crippen molar-refractivity contribution in [1.82, 2.24) is 9.78 Å². The van der Waals surface area contributed by atoms with Crippen molar-refractivity contribution in [2.75, 3.05) is 6.26 Å². The molecule has 0 saturated heterocycles. The molecule has 1 rings (SSSR count). The number of halogens is 1. The van der Waals surface area contributed by atoms with Gasteiger partial charge in [-0.25, -0.2) is 8.42 Å². The van der Waals surface area contributed by atoms with Gasteiger partial charge in [-0.1, -0.05) is 0 Å². The fourth-order valence-corrected chi connectivity index (χ4v) is 2.12. The van der Waals surface area contributed by atoms with Gasteiger partial charge in [-0.05, 0) is 22.9 Å². The average molecular weight is 295 g/mol. The number of rotatable bonds is 3. The summed E-state index contributed by atoms with van der Waals surface area (Å²) in [5, 5.41) is 2.80. The highest BCUT2D eigenvalue weighted by Crippen LogP contribution is 2.18. The SMILES string of the molecule is CC(C(=O)c1c(Br)cnn1C)S(C)(=O)=O. The molecular formula is C8H11BrN2O3S. The summed E-state index contributed by atoms with van der Waals surface area (Å²) >= 11 is 3.15. The summed E-state index contributed by atoms with van der Waals surface area (Å²) in [6.45, 7) is 1.37. The fourth-order valence-electron chi connectivity index (χ4n) is 1.07. The lowest BCUT2D eigenvalue weighted by molar-refractivity contribution is 0.0982. The van der Waals surface area contributed by atoms with Crippen LogP contribution in [0, 0.1) is 0 Å². The second-order valence-corrected chi connectivity index (χ2v) is 6.52. The lowest BCUT2D eigenvalue weighted by Crippen LogP contribution is -2.28. The third kappa shape index (κ3) is 2.46. The molecule has 1 aromatic rings. The molecule has 0 aliphatic heterocycles. The van der Waals surface area contributed by atoms with E-state index in [1.54, 1.807) is 7.05 Å². The monoisotopic (exact) mass is 294 g/mol. The van der Waals surface area contributed by atoms with E-state index >= 15 is 0 Å². The van der Waals surface area contributed by atoms with E-state index in [1.165, 1.54) is 17.8 Å². The Morgan fingerprint density at radius 3 is 2.47 bits per heavy atom. The minimum Gasteiger partial charge on any atom is -0.291 e. The molecule has 5 nitrogen and oxygen atoms in total. The number of hydrogen-bond acceptors (Lipinski definition) is 4. The van der Waals surface area contributed by atoms with Gasteiger partial charge in [-0.15, -0.1) is 0 Å². The normalized spacial score (nSPS) is 13.9. The first-order valence-corrected chi connectivity index (χ1v) is 6.90. The van der Waals surface area contributed by atoms with Crippen LogP contribution in [0.3, 0.4) is 0 Å². The third-order valence-corrected chi connectivity index (χ3v) is 4.22. The van der Waals surface area contributed by atoms with Gasteiger partial charge in [-0.3, -0.25) is 9.48 Å². The van der Waals surface area contributed by atoms with E-state index in [4.69, 9.17) is 0 Å². The molecule has 0 fully saturated rings. The van der Waals surface area contributed by atoms with E-state index < -0.39 is 20.9 Å². The minimum atomic E-state index is -3.37. The zero-order valence-corrected chi connectivity index (χ0v) is 11.0. The topological polar surface area (TPSA) is 69.0 Å². The van der Waals surface area contributed by atoms with Crippen molar-refractivity contribution >= 4 is 31.6 Å². The standard InChI is InChI=1S/C8H11BrN2O3S/c1-5(15(3,13)14)8(12)7-6(9)4-10-11(7)2/h4-5H,1-3H3. The van der Waals surface area contributed by atoms with E-state index in [1.807, 2.05) is 0 Å². The predicted octanol–water partition coefficient (Wildman–Crippen LogP) is 0.798. The Morgan fingerprint density at radius 2 is 2.13 bits per heavy atom. The Morgan fingerprint density at radius 1 is 1.60 bits per heavy atom. The molecule has 0 spiro atoms. The van der Waals surface area contributed by atoms with E-state index in [-0.39, 0.29) is 5.69 Å². The first kappa shape index (κ1) is 12.4. The summed E-state index contributed by atoms with van der Waals surface area (Å²) in [6, 6.07) is 0. The highest BCUT2D eigenvalue weighted by Gasteiger charge is 2.28. The highest BCUT2D eigenvalue weighted by molar-refractivity contribution is 9.10. The maximum Gasteiger partial charge on any atom is 0.199 e. The van der Waals surface area contributed by atoms with Crippen molar-refractivity contribution in [1.29, 1.82) is 0 Å². The summed E-state index contributed by atoms with van der Waals surface area (Å²) in [5.41, 5.74) is 0.271. The number of ketones is 1. The number of carbonyl (C=O) groups excluding carboxylic acids is 1. The second kappa shape index (κ2) is 4.05. The fraction of sp³-hybridized carbons (Fsp3) is 0.500. The number of aromatic nitrogens is 2. The zero-order chi connectivity index (χ0) is 11.8. The van der Waals surface area contributed by atoms with Gasteiger partial charge < -0.3 is 0 Å². The van der Waals surface area contributed by atoms with Gasteiger partial charge in [0.2, 0.25) is 0 Å². The summed E-state index contributed by atoms with van der Waals surface area (Å²) < 4.78 is 24.3. The molecule has 0 radical (unpaired) electrons. The first-order valence-electron chi connectivity index (χ1n) is 4.15. The van der Waals surface area contributed by atoms with Crippen LogP contribution >= 0.6 is 15.9 Å². The number of nitrogens with zero attached hydrogens (tertiary/aromatic N) is 2. The van der Waals surface area contributed by atoms with Gasteiger partial charge in [0.25, 0.3) is 0 Å². The van der Waals surface area contributed by atoms with Crippen molar-refractivity contribution < 1.29 is 13.2 Å². The summed E-state index contributed by atoms with van der Waals surface area (Å²) in [6.07, 6.45) is 2.50. The smallest absolute Gasteiger partial charge is 0.199 e. The van der Waals surface area contributed by atoms with Gasteiger partial charge in [0.15, 0.2) is 15.6 Å². The van der Waals surface area contributed by atoms with Crippen LogP contribution in [0.25, 0.3) is 0 Å². The maximum atomic E-state index is 11.8. The van der Waals surface area contributed by atoms with Crippen molar-refractivity contribution in [2.45, 2.75) is 12.2 Å². The molecule has 0 aromatic carbocycles. The number of aryl methyl sites for hydroxylation is 1. The predicted molar refractivity (Wildman–Crippen MR) is 59.5 cm³/mol. The Bertz CT molecular complexity index is 472. The largest absolute Gasteiger partial charge is 0.291 e. The second-order valence-electron chi connectivity index (χ2n) is 3.30. The number of sulfone groups is 1. The van der Waals surface area contributed by atoms with E-state index in [0.717, 1.165) is 6.26 Å². The van der Waals surface area contributed by atoms with Gasteiger partial charge in [0.05, 0.1) is 10.7 Å². The molecule has 0 N–H and O–H groups in total. The van der Waals surface area contributed by atoms with Crippen LogP contribution in [-0.2, 0) is 16.9 Å². The maximum absolute atomic E-state index is 11.8. The summed E-state index contributed by atoms with van der Waals surface area (Å²) in [5.74, 6) is -0.454. The molecule has 0 amide bonds. The molecule has 1 unspecified atom stereocenters.